The van der Waals surface area contributed by atoms with Crippen LogP contribution in [-0.4, -0.2) is 0 Å². The average molecular weight is 313 g/mol. The lowest BCUT2D eigenvalue weighted by atomic mass is 10.1. The van der Waals surface area contributed by atoms with Crippen LogP contribution in [0.15, 0.2) is 36.4 Å². The molecule has 5 heteroatoms. The maximum atomic E-state index is 8.76. The summed E-state index contributed by atoms with van der Waals surface area (Å²) in [6.07, 6.45) is 0. The van der Waals surface area contributed by atoms with Crippen LogP contribution in [-0.2, 0) is 6.61 Å². The standard InChI is InChI=1S/C14H8Cl3NO/c15-11-2-1-3-12(16)14(11)19-8-10-5-4-9(7-18)6-13(10)17/h1-6H,8H2. The first kappa shape index (κ1) is 14.0. The van der Waals surface area contributed by atoms with E-state index in [0.29, 0.717) is 26.4 Å². The second-order valence-electron chi connectivity index (χ2n) is 3.76. The minimum atomic E-state index is 0.230. The average Bonchev–Trinajstić information content (AvgIpc) is 2.39. The van der Waals surface area contributed by atoms with Gasteiger partial charge in [0, 0.05) is 10.6 Å². The fourth-order valence-corrected chi connectivity index (χ4v) is 2.25. The molecule has 0 fully saturated rings. The lowest BCUT2D eigenvalue weighted by molar-refractivity contribution is 0.306. The molecule has 2 rings (SSSR count). The van der Waals surface area contributed by atoms with Gasteiger partial charge in [0.15, 0.2) is 5.75 Å². The first-order valence-corrected chi connectivity index (χ1v) is 6.50. The first-order valence-electron chi connectivity index (χ1n) is 5.37. The molecule has 0 saturated carbocycles. The molecule has 0 atom stereocenters. The number of rotatable bonds is 3. The first-order chi connectivity index (χ1) is 9.11. The van der Waals surface area contributed by atoms with E-state index in [9.17, 15) is 0 Å². The van der Waals surface area contributed by atoms with Crippen molar-refractivity contribution < 1.29 is 4.74 Å². The van der Waals surface area contributed by atoms with E-state index in [1.807, 2.05) is 6.07 Å². The molecule has 0 spiro atoms. The van der Waals surface area contributed by atoms with E-state index in [4.69, 9.17) is 44.8 Å². The Morgan fingerprint density at radius 2 is 1.68 bits per heavy atom. The molecule has 0 unspecified atom stereocenters. The largest absolute Gasteiger partial charge is 0.486 e. The van der Waals surface area contributed by atoms with Gasteiger partial charge in [0.05, 0.1) is 21.7 Å². The van der Waals surface area contributed by atoms with Crippen LogP contribution in [0.4, 0.5) is 0 Å². The number of hydrogen-bond acceptors (Lipinski definition) is 2. The molecule has 0 N–H and O–H groups in total. The molecule has 0 bridgehead atoms. The zero-order valence-electron chi connectivity index (χ0n) is 9.66. The molecule has 0 aliphatic heterocycles. The highest BCUT2D eigenvalue weighted by molar-refractivity contribution is 6.37. The predicted octanol–water partition coefficient (Wildman–Crippen LogP) is 5.10. The van der Waals surface area contributed by atoms with Crippen molar-refractivity contribution in [1.29, 1.82) is 5.26 Å². The molecule has 2 aromatic rings. The Kier molecular flexibility index (Phi) is 4.55. The number of hydrogen-bond donors (Lipinski definition) is 0. The Balaban J connectivity index is 2.17. The zero-order chi connectivity index (χ0) is 13.8. The Morgan fingerprint density at radius 1 is 1.00 bits per heavy atom. The van der Waals surface area contributed by atoms with Crippen molar-refractivity contribution in [2.75, 3.05) is 0 Å². The summed E-state index contributed by atoms with van der Waals surface area (Å²) in [4.78, 5) is 0. The monoisotopic (exact) mass is 311 g/mol. The smallest absolute Gasteiger partial charge is 0.156 e. The van der Waals surface area contributed by atoms with Crippen molar-refractivity contribution >= 4 is 34.8 Å². The summed E-state index contributed by atoms with van der Waals surface area (Å²) in [7, 11) is 0. The van der Waals surface area contributed by atoms with Crippen LogP contribution in [0.1, 0.15) is 11.1 Å². The third kappa shape index (κ3) is 3.33. The number of para-hydroxylation sites is 1. The van der Waals surface area contributed by atoms with Gasteiger partial charge in [-0.2, -0.15) is 5.26 Å². The van der Waals surface area contributed by atoms with Gasteiger partial charge in [0.1, 0.15) is 6.61 Å². The van der Waals surface area contributed by atoms with Crippen LogP contribution in [0.25, 0.3) is 0 Å². The van der Waals surface area contributed by atoms with Crippen LogP contribution in [0.5, 0.6) is 5.75 Å². The van der Waals surface area contributed by atoms with Crippen molar-refractivity contribution in [2.24, 2.45) is 0 Å². The van der Waals surface area contributed by atoms with Crippen molar-refractivity contribution in [3.63, 3.8) is 0 Å². The van der Waals surface area contributed by atoms with E-state index in [1.54, 1.807) is 36.4 Å². The third-order valence-electron chi connectivity index (χ3n) is 2.47. The number of halogens is 3. The molecule has 0 radical (unpaired) electrons. The quantitative estimate of drug-likeness (QED) is 0.790. The molecule has 0 heterocycles. The Labute approximate surface area is 126 Å². The van der Waals surface area contributed by atoms with Crippen molar-refractivity contribution in [1.82, 2.24) is 0 Å². The van der Waals surface area contributed by atoms with Crippen LogP contribution in [0.3, 0.4) is 0 Å². The fraction of sp³-hybridized carbons (Fsp3) is 0.0714. The van der Waals surface area contributed by atoms with Crippen LogP contribution in [0.2, 0.25) is 15.1 Å². The number of ether oxygens (including phenoxy) is 1. The molecule has 0 aliphatic carbocycles. The van der Waals surface area contributed by atoms with Crippen molar-refractivity contribution in [3.8, 4) is 11.8 Å². The summed E-state index contributed by atoms with van der Waals surface area (Å²) in [6, 6.07) is 12.2. The van der Waals surface area contributed by atoms with Crippen molar-refractivity contribution in [3.05, 3.63) is 62.6 Å². The number of benzene rings is 2. The molecule has 2 aromatic carbocycles. The lowest BCUT2D eigenvalue weighted by Gasteiger charge is -2.10. The van der Waals surface area contributed by atoms with E-state index in [1.165, 1.54) is 0 Å². The summed E-state index contributed by atoms with van der Waals surface area (Å²) in [5.74, 6) is 0.422. The zero-order valence-corrected chi connectivity index (χ0v) is 11.9. The van der Waals surface area contributed by atoms with Crippen LogP contribution < -0.4 is 4.74 Å². The van der Waals surface area contributed by atoms with Crippen LogP contribution in [0, 0.1) is 11.3 Å². The van der Waals surface area contributed by atoms with Gasteiger partial charge in [-0.1, -0.05) is 46.9 Å². The van der Waals surface area contributed by atoms with Gasteiger partial charge >= 0.3 is 0 Å². The Bertz CT molecular complexity index is 629. The minimum Gasteiger partial charge on any atom is -0.486 e. The minimum absolute atomic E-state index is 0.230. The summed E-state index contributed by atoms with van der Waals surface area (Å²) >= 11 is 18.1. The van der Waals surface area contributed by atoms with E-state index in [-0.39, 0.29) is 6.61 Å². The Morgan fingerprint density at radius 3 is 2.26 bits per heavy atom. The van der Waals surface area contributed by atoms with Gasteiger partial charge in [0.25, 0.3) is 0 Å². The highest BCUT2D eigenvalue weighted by Gasteiger charge is 2.08. The molecular weight excluding hydrogens is 305 g/mol. The van der Waals surface area contributed by atoms with Gasteiger partial charge in [-0.25, -0.2) is 0 Å². The summed E-state index contributed by atoms with van der Waals surface area (Å²) in [5.41, 5.74) is 1.26. The molecule has 96 valence electrons. The SMILES string of the molecule is N#Cc1ccc(COc2c(Cl)cccc2Cl)c(Cl)c1. The number of nitriles is 1. The third-order valence-corrected chi connectivity index (χ3v) is 3.42. The van der Waals surface area contributed by atoms with Crippen molar-refractivity contribution in [2.45, 2.75) is 6.61 Å². The molecule has 0 aliphatic rings. The predicted molar refractivity (Wildman–Crippen MR) is 77.0 cm³/mol. The normalized spacial score (nSPS) is 10.0. The van der Waals surface area contributed by atoms with E-state index >= 15 is 0 Å². The van der Waals surface area contributed by atoms with Crippen LogP contribution >= 0.6 is 34.8 Å². The highest BCUT2D eigenvalue weighted by Crippen LogP contribution is 2.33. The van der Waals surface area contributed by atoms with Gasteiger partial charge < -0.3 is 4.74 Å². The topological polar surface area (TPSA) is 33.0 Å². The van der Waals surface area contributed by atoms with Gasteiger partial charge in [-0.15, -0.1) is 0 Å². The van der Waals surface area contributed by atoms with Gasteiger partial charge in [-0.05, 0) is 24.3 Å². The summed E-state index contributed by atoms with van der Waals surface area (Å²) in [5, 5.41) is 10.1. The number of nitrogens with zero attached hydrogens (tertiary/aromatic N) is 1. The molecule has 0 saturated heterocycles. The second kappa shape index (κ2) is 6.16. The highest BCUT2D eigenvalue weighted by atomic mass is 35.5. The fourth-order valence-electron chi connectivity index (χ4n) is 1.50. The van der Waals surface area contributed by atoms with E-state index < -0.39 is 0 Å². The van der Waals surface area contributed by atoms with Gasteiger partial charge in [-0.3, -0.25) is 0 Å². The lowest BCUT2D eigenvalue weighted by Crippen LogP contribution is -1.97. The molecular formula is C14H8Cl3NO. The molecule has 0 aromatic heterocycles. The maximum Gasteiger partial charge on any atom is 0.156 e. The molecule has 19 heavy (non-hydrogen) atoms. The maximum absolute atomic E-state index is 8.76. The molecule has 0 amide bonds. The second-order valence-corrected chi connectivity index (χ2v) is 4.98. The summed E-state index contributed by atoms with van der Waals surface area (Å²) in [6.45, 7) is 0.230. The summed E-state index contributed by atoms with van der Waals surface area (Å²) < 4.78 is 5.58. The molecule has 2 nitrogen and oxygen atoms in total. The van der Waals surface area contributed by atoms with Gasteiger partial charge in [0.2, 0.25) is 0 Å². The van der Waals surface area contributed by atoms with E-state index in [2.05, 4.69) is 0 Å². The van der Waals surface area contributed by atoms with E-state index in [0.717, 1.165) is 5.56 Å². The Hall–Kier alpha value is -1.40.